The van der Waals surface area contributed by atoms with E-state index in [1.807, 2.05) is 14.0 Å². The molecule has 1 heterocycles. The van der Waals surface area contributed by atoms with Crippen molar-refractivity contribution in [1.82, 2.24) is 15.3 Å². The number of rotatable bonds is 4. The highest BCUT2D eigenvalue weighted by Gasteiger charge is 2.15. The summed E-state index contributed by atoms with van der Waals surface area (Å²) in [6.07, 6.45) is 0. The lowest BCUT2D eigenvalue weighted by Crippen LogP contribution is -2.06. The lowest BCUT2D eigenvalue weighted by molar-refractivity contribution is 0.413. The highest BCUT2D eigenvalue weighted by Crippen LogP contribution is 2.34. The zero-order valence-corrected chi connectivity index (χ0v) is 12.2. The highest BCUT2D eigenvalue weighted by molar-refractivity contribution is 5.72. The first-order valence-corrected chi connectivity index (χ1v) is 6.42. The van der Waals surface area contributed by atoms with Gasteiger partial charge in [0.05, 0.1) is 19.3 Å². The van der Waals surface area contributed by atoms with Gasteiger partial charge in [0.1, 0.15) is 11.6 Å². The van der Waals surface area contributed by atoms with Crippen LogP contribution in [0.5, 0.6) is 5.75 Å². The van der Waals surface area contributed by atoms with E-state index < -0.39 is 0 Å². The van der Waals surface area contributed by atoms with Gasteiger partial charge in [-0.2, -0.15) is 0 Å². The highest BCUT2D eigenvalue weighted by atomic mass is 16.5. The number of aromatic nitrogens is 2. The Labute approximate surface area is 114 Å². The van der Waals surface area contributed by atoms with Crippen molar-refractivity contribution < 1.29 is 4.74 Å². The number of aromatic amines is 1. The summed E-state index contributed by atoms with van der Waals surface area (Å²) in [6, 6.07) is 4.25. The van der Waals surface area contributed by atoms with Crippen molar-refractivity contribution >= 4 is 0 Å². The summed E-state index contributed by atoms with van der Waals surface area (Å²) in [4.78, 5) is 7.97. The molecule has 0 saturated carbocycles. The molecule has 0 bridgehead atoms. The van der Waals surface area contributed by atoms with Gasteiger partial charge in [0.2, 0.25) is 0 Å². The Morgan fingerprint density at radius 2 is 2.00 bits per heavy atom. The molecule has 1 aromatic carbocycles. The predicted molar refractivity (Wildman–Crippen MR) is 77.6 cm³/mol. The van der Waals surface area contributed by atoms with E-state index in [0.29, 0.717) is 0 Å². The van der Waals surface area contributed by atoms with E-state index in [1.165, 1.54) is 5.56 Å². The third-order valence-corrected chi connectivity index (χ3v) is 3.16. The summed E-state index contributed by atoms with van der Waals surface area (Å²) in [6.45, 7) is 6.92. The van der Waals surface area contributed by atoms with Crippen molar-refractivity contribution in [2.75, 3.05) is 14.2 Å². The van der Waals surface area contributed by atoms with Gasteiger partial charge in [0.15, 0.2) is 0 Å². The van der Waals surface area contributed by atoms with Crippen molar-refractivity contribution in [3.8, 4) is 17.0 Å². The summed E-state index contributed by atoms with van der Waals surface area (Å²) in [5.74, 6) is 1.84. The lowest BCUT2D eigenvalue weighted by Gasteiger charge is -2.11. The van der Waals surface area contributed by atoms with E-state index >= 15 is 0 Å². The fraction of sp³-hybridized carbons (Fsp3) is 0.400. The number of nitrogens with zero attached hydrogens (tertiary/aromatic N) is 1. The molecule has 2 aromatic rings. The van der Waals surface area contributed by atoms with Gasteiger partial charge < -0.3 is 15.0 Å². The van der Waals surface area contributed by atoms with Gasteiger partial charge >= 0.3 is 0 Å². The molecule has 0 amide bonds. The molecule has 0 spiro atoms. The number of aryl methyl sites for hydroxylation is 3. The number of H-pyrrole nitrogens is 1. The van der Waals surface area contributed by atoms with Crippen molar-refractivity contribution in [2.24, 2.45) is 0 Å². The molecular weight excluding hydrogens is 238 g/mol. The van der Waals surface area contributed by atoms with Crippen LogP contribution in [0.15, 0.2) is 12.1 Å². The summed E-state index contributed by atoms with van der Waals surface area (Å²) in [7, 11) is 3.62. The van der Waals surface area contributed by atoms with Crippen LogP contribution in [0.2, 0.25) is 0 Å². The fourth-order valence-corrected chi connectivity index (χ4v) is 2.44. The van der Waals surface area contributed by atoms with Crippen LogP contribution in [0.1, 0.15) is 22.6 Å². The van der Waals surface area contributed by atoms with E-state index in [9.17, 15) is 0 Å². The van der Waals surface area contributed by atoms with Crippen LogP contribution >= 0.6 is 0 Å². The SMILES string of the molecule is CNCc1nc(-c2cc(C)cc(C)c2OC)c(C)[nH]1. The van der Waals surface area contributed by atoms with Crippen LogP contribution in [0.25, 0.3) is 11.3 Å². The summed E-state index contributed by atoms with van der Waals surface area (Å²) < 4.78 is 5.54. The quantitative estimate of drug-likeness (QED) is 0.887. The topological polar surface area (TPSA) is 49.9 Å². The average molecular weight is 259 g/mol. The summed E-state index contributed by atoms with van der Waals surface area (Å²) >= 11 is 0. The van der Waals surface area contributed by atoms with Gasteiger partial charge in [-0.15, -0.1) is 0 Å². The average Bonchev–Trinajstić information content (AvgIpc) is 2.70. The number of hydrogen-bond acceptors (Lipinski definition) is 3. The van der Waals surface area contributed by atoms with E-state index in [-0.39, 0.29) is 0 Å². The largest absolute Gasteiger partial charge is 0.496 e. The van der Waals surface area contributed by atoms with Crippen LogP contribution in [-0.4, -0.2) is 24.1 Å². The van der Waals surface area contributed by atoms with E-state index in [4.69, 9.17) is 4.74 Å². The Morgan fingerprint density at radius 3 is 2.63 bits per heavy atom. The molecule has 1 aromatic heterocycles. The molecule has 0 atom stereocenters. The molecular formula is C15H21N3O. The molecule has 0 aliphatic carbocycles. The Balaban J connectivity index is 2.57. The molecule has 19 heavy (non-hydrogen) atoms. The van der Waals surface area contributed by atoms with Gasteiger partial charge in [0.25, 0.3) is 0 Å². The molecule has 0 aliphatic heterocycles. The first-order valence-electron chi connectivity index (χ1n) is 6.42. The maximum Gasteiger partial charge on any atom is 0.131 e. The van der Waals surface area contributed by atoms with Gasteiger partial charge in [-0.1, -0.05) is 6.07 Å². The van der Waals surface area contributed by atoms with E-state index in [0.717, 1.165) is 40.6 Å². The molecule has 2 N–H and O–H groups in total. The maximum atomic E-state index is 5.54. The number of methoxy groups -OCH3 is 1. The zero-order valence-electron chi connectivity index (χ0n) is 12.2. The van der Waals surface area contributed by atoms with Crippen LogP contribution in [0.4, 0.5) is 0 Å². The monoisotopic (exact) mass is 259 g/mol. The Morgan fingerprint density at radius 1 is 1.26 bits per heavy atom. The number of imidazole rings is 1. The maximum absolute atomic E-state index is 5.54. The van der Waals surface area contributed by atoms with Crippen LogP contribution < -0.4 is 10.1 Å². The van der Waals surface area contributed by atoms with Crippen LogP contribution in [-0.2, 0) is 6.54 Å². The number of ether oxygens (including phenoxy) is 1. The second-order valence-electron chi connectivity index (χ2n) is 4.85. The number of nitrogens with one attached hydrogen (secondary N) is 2. The molecule has 4 nitrogen and oxygen atoms in total. The predicted octanol–water partition coefficient (Wildman–Crippen LogP) is 2.73. The van der Waals surface area contributed by atoms with Crippen molar-refractivity contribution in [3.05, 3.63) is 34.8 Å². The van der Waals surface area contributed by atoms with Crippen molar-refractivity contribution in [3.63, 3.8) is 0 Å². The van der Waals surface area contributed by atoms with Crippen molar-refractivity contribution in [2.45, 2.75) is 27.3 Å². The number of hydrogen-bond donors (Lipinski definition) is 2. The fourth-order valence-electron chi connectivity index (χ4n) is 2.44. The van der Waals surface area contributed by atoms with Crippen LogP contribution in [0, 0.1) is 20.8 Å². The molecule has 2 rings (SSSR count). The second kappa shape index (κ2) is 5.45. The molecule has 0 saturated heterocycles. The number of benzene rings is 1. The lowest BCUT2D eigenvalue weighted by atomic mass is 10.0. The third-order valence-electron chi connectivity index (χ3n) is 3.16. The van der Waals surface area contributed by atoms with Crippen LogP contribution in [0.3, 0.4) is 0 Å². The summed E-state index contributed by atoms with van der Waals surface area (Å²) in [5, 5.41) is 3.10. The third kappa shape index (κ3) is 2.63. The van der Waals surface area contributed by atoms with Gasteiger partial charge in [0, 0.05) is 11.3 Å². The first kappa shape index (κ1) is 13.6. The molecule has 0 unspecified atom stereocenters. The van der Waals surface area contributed by atoms with Crippen molar-refractivity contribution in [1.29, 1.82) is 0 Å². The van der Waals surface area contributed by atoms with E-state index in [1.54, 1.807) is 7.11 Å². The molecule has 0 aliphatic rings. The minimum absolute atomic E-state index is 0.730. The summed E-state index contributed by atoms with van der Waals surface area (Å²) in [5.41, 5.74) is 5.43. The minimum atomic E-state index is 0.730. The van der Waals surface area contributed by atoms with Gasteiger partial charge in [-0.25, -0.2) is 4.98 Å². The van der Waals surface area contributed by atoms with Gasteiger partial charge in [-0.3, -0.25) is 0 Å². The molecule has 102 valence electrons. The molecule has 0 fully saturated rings. The molecule has 4 heteroatoms. The minimum Gasteiger partial charge on any atom is -0.496 e. The standard InChI is InChI=1S/C15H21N3O/c1-9-6-10(2)15(19-5)12(7-9)14-11(3)17-13(18-14)8-16-4/h6-7,16H,8H2,1-5H3,(H,17,18). The van der Waals surface area contributed by atoms with Gasteiger partial charge in [-0.05, 0) is 45.0 Å². The van der Waals surface area contributed by atoms with E-state index in [2.05, 4.69) is 41.3 Å². The smallest absolute Gasteiger partial charge is 0.131 e. The Hall–Kier alpha value is -1.81. The molecule has 0 radical (unpaired) electrons. The second-order valence-corrected chi connectivity index (χ2v) is 4.85. The Kier molecular flexibility index (Phi) is 3.90. The first-order chi connectivity index (χ1) is 9.06. The Bertz CT molecular complexity index is 587. The zero-order chi connectivity index (χ0) is 14.0. The normalized spacial score (nSPS) is 10.8.